The first-order chi connectivity index (χ1) is 14.5. The lowest BCUT2D eigenvalue weighted by atomic mass is 10.1. The number of carbonyl (C=O) groups is 1. The van der Waals surface area contributed by atoms with Crippen LogP contribution in [-0.2, 0) is 4.79 Å². The second kappa shape index (κ2) is 8.07. The Balaban J connectivity index is 1.57. The molecule has 1 N–H and O–H groups in total. The van der Waals surface area contributed by atoms with Crippen molar-refractivity contribution in [1.29, 1.82) is 5.41 Å². The zero-order valence-electron chi connectivity index (χ0n) is 16.0. The number of aliphatic imine (C=N–C) groups is 1. The van der Waals surface area contributed by atoms with Gasteiger partial charge in [-0.15, -0.1) is 0 Å². The monoisotopic (exact) mass is 423 g/mol. The lowest BCUT2D eigenvalue weighted by Crippen LogP contribution is -2.35. The Kier molecular flexibility index (Phi) is 5.32. The Morgan fingerprint density at radius 3 is 2.73 bits per heavy atom. The van der Waals surface area contributed by atoms with Gasteiger partial charge in [-0.2, -0.15) is 15.1 Å². The van der Waals surface area contributed by atoms with Crippen LogP contribution >= 0.6 is 11.8 Å². The van der Waals surface area contributed by atoms with Gasteiger partial charge in [-0.3, -0.25) is 20.3 Å². The number of hydrazone groups is 1. The summed E-state index contributed by atoms with van der Waals surface area (Å²) in [6.45, 7) is 2.09. The predicted octanol–water partition coefficient (Wildman–Crippen LogP) is 4.66. The van der Waals surface area contributed by atoms with Crippen LogP contribution in [0.1, 0.15) is 31.9 Å². The van der Waals surface area contributed by atoms with Gasteiger partial charge in [0.15, 0.2) is 5.84 Å². The first-order valence-electron chi connectivity index (χ1n) is 9.30. The minimum Gasteiger partial charge on any atom is -0.457 e. The minimum atomic E-state index is -0.515. The van der Waals surface area contributed by atoms with Crippen LogP contribution in [0.15, 0.2) is 56.5 Å². The lowest BCUT2D eigenvalue weighted by molar-refractivity contribution is -0.384. The number of nitro groups is 1. The summed E-state index contributed by atoms with van der Waals surface area (Å²) >= 11 is 1.32. The third-order valence-corrected chi connectivity index (χ3v) is 5.48. The highest BCUT2D eigenvalue weighted by molar-refractivity contribution is 8.26. The Labute approximate surface area is 175 Å². The molecule has 10 heteroatoms. The van der Waals surface area contributed by atoms with Gasteiger partial charge in [0, 0.05) is 17.7 Å². The Morgan fingerprint density at radius 2 is 2.03 bits per heavy atom. The number of hydrogen-bond donors (Lipinski definition) is 1. The third-order valence-electron chi connectivity index (χ3n) is 4.52. The van der Waals surface area contributed by atoms with Crippen molar-refractivity contribution in [3.8, 4) is 11.3 Å². The smallest absolute Gasteiger partial charge is 0.283 e. The molecule has 0 spiro atoms. The number of unbranched alkanes of at least 4 members (excludes halogenated alkanes) is 1. The number of carbonyl (C=O) groups excluding carboxylic acids is 1. The molecular formula is C20H17N5O4S. The zero-order chi connectivity index (χ0) is 21.3. The van der Waals surface area contributed by atoms with Crippen molar-refractivity contribution in [1.82, 2.24) is 5.01 Å². The van der Waals surface area contributed by atoms with Crippen molar-refractivity contribution in [2.75, 3.05) is 0 Å². The summed E-state index contributed by atoms with van der Waals surface area (Å²) in [5.74, 6) is 0.306. The number of rotatable bonds is 6. The molecule has 9 nitrogen and oxygen atoms in total. The number of amidine groups is 2. The molecule has 0 saturated heterocycles. The summed E-state index contributed by atoms with van der Waals surface area (Å²) in [6.07, 6.45) is 4.26. The molecule has 2 aromatic rings. The molecule has 0 unspecified atom stereocenters. The fourth-order valence-electron chi connectivity index (χ4n) is 2.94. The summed E-state index contributed by atoms with van der Waals surface area (Å²) < 4.78 is 5.75. The number of nitrogens with zero attached hydrogens (tertiary/aromatic N) is 4. The maximum absolute atomic E-state index is 12.5. The van der Waals surface area contributed by atoms with Crippen molar-refractivity contribution >= 4 is 45.5 Å². The van der Waals surface area contributed by atoms with Crippen LogP contribution in [-0.4, -0.2) is 31.9 Å². The summed E-state index contributed by atoms with van der Waals surface area (Å²) in [6, 6.07) is 9.33. The van der Waals surface area contributed by atoms with Gasteiger partial charge in [-0.25, -0.2) is 0 Å². The molecule has 0 atom stereocenters. The average molecular weight is 423 g/mol. The Hall–Kier alpha value is -3.53. The predicted molar refractivity (Wildman–Crippen MR) is 115 cm³/mol. The fraction of sp³-hybridized carbons (Fsp3) is 0.200. The molecule has 0 saturated carbocycles. The van der Waals surface area contributed by atoms with Crippen LogP contribution < -0.4 is 0 Å². The van der Waals surface area contributed by atoms with Gasteiger partial charge in [-0.1, -0.05) is 13.3 Å². The molecule has 0 bridgehead atoms. The van der Waals surface area contributed by atoms with Crippen LogP contribution in [0.4, 0.5) is 5.69 Å². The highest BCUT2D eigenvalue weighted by Gasteiger charge is 2.35. The second-order valence-corrected chi connectivity index (χ2v) is 7.66. The number of non-ortho nitro benzene ring substituents is 1. The van der Waals surface area contributed by atoms with Gasteiger partial charge in [0.05, 0.1) is 10.5 Å². The summed E-state index contributed by atoms with van der Waals surface area (Å²) in [5.41, 5.74) is 0.742. The molecular weight excluding hydrogens is 406 g/mol. The molecule has 2 aliphatic heterocycles. The normalized spacial score (nSPS) is 17.2. The molecule has 1 aromatic carbocycles. The third kappa shape index (κ3) is 3.81. The minimum absolute atomic E-state index is 0.00935. The van der Waals surface area contributed by atoms with E-state index >= 15 is 0 Å². The van der Waals surface area contributed by atoms with Crippen molar-refractivity contribution < 1.29 is 14.1 Å². The largest absolute Gasteiger partial charge is 0.457 e. The lowest BCUT2D eigenvalue weighted by Gasteiger charge is -2.19. The SMILES string of the molecule is CCCCC1=NN2C(=N)/C(=C/c3ccc(-c4ccc([N+](=O)[O-])cc4)o3)C(=O)N=C2S1. The van der Waals surface area contributed by atoms with Crippen molar-refractivity contribution in [2.45, 2.75) is 26.2 Å². The number of amides is 1. The first kappa shape index (κ1) is 19.8. The molecule has 152 valence electrons. The van der Waals surface area contributed by atoms with Gasteiger partial charge in [0.25, 0.3) is 11.6 Å². The van der Waals surface area contributed by atoms with Crippen LogP contribution in [0.5, 0.6) is 0 Å². The van der Waals surface area contributed by atoms with E-state index in [0.29, 0.717) is 22.3 Å². The topological polar surface area (TPSA) is 125 Å². The highest BCUT2D eigenvalue weighted by Crippen LogP contribution is 2.31. The summed E-state index contributed by atoms with van der Waals surface area (Å²) in [7, 11) is 0. The molecule has 4 rings (SSSR count). The van der Waals surface area contributed by atoms with E-state index in [9.17, 15) is 14.9 Å². The number of benzene rings is 1. The Bertz CT molecular complexity index is 1130. The van der Waals surface area contributed by atoms with E-state index in [0.717, 1.165) is 24.3 Å². The number of nitro benzene ring substituents is 1. The molecule has 2 aliphatic rings. The van der Waals surface area contributed by atoms with E-state index < -0.39 is 10.8 Å². The van der Waals surface area contributed by atoms with E-state index in [1.165, 1.54) is 35.0 Å². The van der Waals surface area contributed by atoms with E-state index in [1.54, 1.807) is 24.3 Å². The van der Waals surface area contributed by atoms with Gasteiger partial charge >= 0.3 is 0 Å². The van der Waals surface area contributed by atoms with Crippen LogP contribution in [0.25, 0.3) is 17.4 Å². The van der Waals surface area contributed by atoms with Gasteiger partial charge in [-0.05, 0) is 54.9 Å². The van der Waals surface area contributed by atoms with E-state index in [2.05, 4.69) is 17.0 Å². The maximum Gasteiger partial charge on any atom is 0.283 e. The second-order valence-electron chi connectivity index (χ2n) is 6.62. The molecule has 1 amide bonds. The first-order valence-corrected chi connectivity index (χ1v) is 10.1. The molecule has 0 aliphatic carbocycles. The van der Waals surface area contributed by atoms with Gasteiger partial charge in [0.1, 0.15) is 16.6 Å². The molecule has 3 heterocycles. The number of furan rings is 1. The summed E-state index contributed by atoms with van der Waals surface area (Å²) in [5, 5.41) is 26.2. The molecule has 0 fully saturated rings. The van der Waals surface area contributed by atoms with Gasteiger partial charge in [0.2, 0.25) is 5.17 Å². The van der Waals surface area contributed by atoms with Gasteiger partial charge < -0.3 is 4.42 Å². The highest BCUT2D eigenvalue weighted by atomic mass is 32.2. The van der Waals surface area contributed by atoms with Crippen LogP contribution in [0.2, 0.25) is 0 Å². The fourth-order valence-corrected chi connectivity index (χ4v) is 3.86. The van der Waals surface area contributed by atoms with Crippen molar-refractivity contribution in [3.63, 3.8) is 0 Å². The quantitative estimate of drug-likeness (QED) is 0.409. The van der Waals surface area contributed by atoms with Crippen LogP contribution in [0, 0.1) is 15.5 Å². The number of thioether (sulfide) groups is 1. The maximum atomic E-state index is 12.5. The Morgan fingerprint density at radius 1 is 1.27 bits per heavy atom. The zero-order valence-corrected chi connectivity index (χ0v) is 16.8. The molecule has 30 heavy (non-hydrogen) atoms. The van der Waals surface area contributed by atoms with E-state index in [-0.39, 0.29) is 17.1 Å². The van der Waals surface area contributed by atoms with E-state index in [1.807, 2.05) is 0 Å². The van der Waals surface area contributed by atoms with E-state index in [4.69, 9.17) is 9.83 Å². The van der Waals surface area contributed by atoms with Crippen molar-refractivity contribution in [3.05, 3.63) is 57.8 Å². The standard InChI is InChI=1S/C20H17N5O4S/c1-2-3-4-17-23-24-18(21)15(19(26)22-20(24)30-17)11-14-9-10-16(29-14)12-5-7-13(8-6-12)25(27)28/h5-11,21H,2-4H2,1H3/b15-11-,21-18?. The number of hydrogen-bond acceptors (Lipinski definition) is 7. The average Bonchev–Trinajstić information content (AvgIpc) is 3.36. The number of fused-ring (bicyclic) bond motifs is 1. The van der Waals surface area contributed by atoms with Crippen molar-refractivity contribution in [2.24, 2.45) is 10.1 Å². The molecule has 1 aromatic heterocycles. The van der Waals surface area contributed by atoms with Crippen LogP contribution in [0.3, 0.4) is 0 Å². The number of nitrogens with one attached hydrogen (secondary N) is 1. The molecule has 0 radical (unpaired) electrons. The summed E-state index contributed by atoms with van der Waals surface area (Å²) in [4.78, 5) is 26.8.